The van der Waals surface area contributed by atoms with Crippen LogP contribution in [0.3, 0.4) is 0 Å². The fourth-order valence-corrected chi connectivity index (χ4v) is 2.20. The summed E-state index contributed by atoms with van der Waals surface area (Å²) in [4.78, 5) is 14.5. The number of hydrogen-bond donors (Lipinski definition) is 2. The van der Waals surface area contributed by atoms with E-state index in [4.69, 9.17) is 17.3 Å². The van der Waals surface area contributed by atoms with Crippen LogP contribution >= 0.6 is 11.6 Å². The van der Waals surface area contributed by atoms with Crippen LogP contribution in [0, 0.1) is 0 Å². The molecule has 18 heavy (non-hydrogen) atoms. The number of amides is 1. The predicted octanol–water partition coefficient (Wildman–Crippen LogP) is 3.31. The highest BCUT2D eigenvalue weighted by molar-refractivity contribution is 6.30. The second kappa shape index (κ2) is 5.27. The molecular weight excluding hydrogens is 248 g/mol. The van der Waals surface area contributed by atoms with Crippen LogP contribution in [-0.2, 0) is 4.79 Å². The fraction of sp³-hybridized carbons (Fsp3) is 0.214. The maximum atomic E-state index is 11.3. The van der Waals surface area contributed by atoms with Gasteiger partial charge in [0.2, 0.25) is 5.91 Å². The Morgan fingerprint density at radius 2 is 2.17 bits per heavy atom. The molecule has 1 atom stereocenters. The van der Waals surface area contributed by atoms with Crippen LogP contribution in [-0.4, -0.2) is 10.9 Å². The van der Waals surface area contributed by atoms with E-state index in [0.717, 1.165) is 17.0 Å². The van der Waals surface area contributed by atoms with Gasteiger partial charge in [-0.3, -0.25) is 4.79 Å². The molecule has 0 saturated carbocycles. The number of aromatic nitrogens is 1. The minimum absolute atomic E-state index is 0.266. The number of halogens is 1. The molecule has 1 unspecified atom stereocenters. The van der Waals surface area contributed by atoms with E-state index in [1.54, 1.807) is 0 Å². The summed E-state index contributed by atoms with van der Waals surface area (Å²) >= 11 is 5.95. The van der Waals surface area contributed by atoms with Crippen molar-refractivity contribution in [2.75, 3.05) is 0 Å². The number of carbonyl (C=O) groups is 1. The summed E-state index contributed by atoms with van der Waals surface area (Å²) in [6.07, 6.45) is 0.685. The molecule has 0 aliphatic heterocycles. The topological polar surface area (TPSA) is 58.9 Å². The third-order valence-corrected chi connectivity index (χ3v) is 3.21. The zero-order valence-corrected chi connectivity index (χ0v) is 10.9. The average molecular weight is 263 g/mol. The first kappa shape index (κ1) is 12.7. The molecule has 94 valence electrons. The minimum atomic E-state index is -0.308. The van der Waals surface area contributed by atoms with Gasteiger partial charge in [0.05, 0.1) is 5.92 Å². The van der Waals surface area contributed by atoms with Crippen molar-refractivity contribution in [1.82, 2.24) is 4.98 Å². The monoisotopic (exact) mass is 262 g/mol. The average Bonchev–Trinajstić information content (AvgIpc) is 2.79. The van der Waals surface area contributed by atoms with Gasteiger partial charge in [0, 0.05) is 16.4 Å². The van der Waals surface area contributed by atoms with Crippen LogP contribution in [0.5, 0.6) is 0 Å². The fourth-order valence-electron chi connectivity index (χ4n) is 2.01. The Hall–Kier alpha value is -1.74. The number of rotatable bonds is 4. The summed E-state index contributed by atoms with van der Waals surface area (Å²) in [6, 6.07) is 11.4. The van der Waals surface area contributed by atoms with Crippen LogP contribution in [0.4, 0.5) is 0 Å². The first-order valence-corrected chi connectivity index (χ1v) is 6.23. The van der Waals surface area contributed by atoms with Gasteiger partial charge in [0.1, 0.15) is 0 Å². The van der Waals surface area contributed by atoms with Crippen LogP contribution in [0.1, 0.15) is 25.0 Å². The van der Waals surface area contributed by atoms with Crippen molar-refractivity contribution < 1.29 is 4.79 Å². The van der Waals surface area contributed by atoms with Crippen molar-refractivity contribution in [1.29, 1.82) is 0 Å². The molecule has 2 rings (SSSR count). The molecule has 0 spiro atoms. The van der Waals surface area contributed by atoms with Crippen LogP contribution in [0.2, 0.25) is 5.02 Å². The number of primary amides is 1. The van der Waals surface area contributed by atoms with Crippen molar-refractivity contribution in [2.24, 2.45) is 5.73 Å². The molecular formula is C14H15ClN2O. The molecule has 0 aliphatic rings. The van der Waals surface area contributed by atoms with Crippen LogP contribution in [0.25, 0.3) is 11.3 Å². The standard InChI is InChI=1S/C14H15ClN2O/c1-2-11(14(16)18)13-7-6-12(17-13)9-4-3-5-10(15)8-9/h3-8,11,17H,2H2,1H3,(H2,16,18). The molecule has 0 saturated heterocycles. The minimum Gasteiger partial charge on any atom is -0.369 e. The van der Waals surface area contributed by atoms with Gasteiger partial charge < -0.3 is 10.7 Å². The number of H-pyrrole nitrogens is 1. The predicted molar refractivity (Wildman–Crippen MR) is 73.5 cm³/mol. The van der Waals surface area contributed by atoms with E-state index >= 15 is 0 Å². The lowest BCUT2D eigenvalue weighted by Crippen LogP contribution is -2.20. The van der Waals surface area contributed by atoms with Gasteiger partial charge in [-0.15, -0.1) is 0 Å². The Morgan fingerprint density at radius 3 is 2.78 bits per heavy atom. The van der Waals surface area contributed by atoms with E-state index in [2.05, 4.69) is 4.98 Å². The molecule has 1 aromatic heterocycles. The summed E-state index contributed by atoms with van der Waals surface area (Å²) < 4.78 is 0. The zero-order valence-electron chi connectivity index (χ0n) is 10.1. The van der Waals surface area contributed by atoms with Gasteiger partial charge in [0.25, 0.3) is 0 Å². The lowest BCUT2D eigenvalue weighted by Gasteiger charge is -2.08. The molecule has 3 N–H and O–H groups in total. The number of carbonyl (C=O) groups excluding carboxylic acids is 1. The van der Waals surface area contributed by atoms with E-state index in [0.29, 0.717) is 11.4 Å². The third kappa shape index (κ3) is 2.57. The second-order valence-corrected chi connectivity index (χ2v) is 4.64. The zero-order chi connectivity index (χ0) is 13.1. The Balaban J connectivity index is 2.33. The van der Waals surface area contributed by atoms with Crippen molar-refractivity contribution in [3.63, 3.8) is 0 Å². The van der Waals surface area contributed by atoms with E-state index in [1.165, 1.54) is 0 Å². The Labute approximate surface area is 111 Å². The van der Waals surface area contributed by atoms with Gasteiger partial charge in [0.15, 0.2) is 0 Å². The highest BCUT2D eigenvalue weighted by atomic mass is 35.5. The molecule has 4 heteroatoms. The molecule has 0 bridgehead atoms. The van der Waals surface area contributed by atoms with Gasteiger partial charge >= 0.3 is 0 Å². The molecule has 0 aliphatic carbocycles. The highest BCUT2D eigenvalue weighted by Crippen LogP contribution is 2.25. The summed E-state index contributed by atoms with van der Waals surface area (Å²) in [7, 11) is 0. The number of aromatic amines is 1. The molecule has 1 amide bonds. The normalized spacial score (nSPS) is 12.3. The smallest absolute Gasteiger partial charge is 0.226 e. The second-order valence-electron chi connectivity index (χ2n) is 4.20. The summed E-state index contributed by atoms with van der Waals surface area (Å²) in [5.41, 5.74) is 8.15. The van der Waals surface area contributed by atoms with Crippen molar-refractivity contribution >= 4 is 17.5 Å². The molecule has 0 fully saturated rings. The SMILES string of the molecule is CCC(C(N)=O)c1ccc(-c2cccc(Cl)c2)[nH]1. The Morgan fingerprint density at radius 1 is 1.39 bits per heavy atom. The van der Waals surface area contributed by atoms with E-state index in [9.17, 15) is 4.79 Å². The first-order valence-electron chi connectivity index (χ1n) is 5.86. The summed E-state index contributed by atoms with van der Waals surface area (Å²) in [5, 5.41) is 0.686. The first-order chi connectivity index (χ1) is 8.61. The van der Waals surface area contributed by atoms with Crippen molar-refractivity contribution in [2.45, 2.75) is 19.3 Å². The van der Waals surface area contributed by atoms with Gasteiger partial charge in [-0.2, -0.15) is 0 Å². The van der Waals surface area contributed by atoms with E-state index in [1.807, 2.05) is 43.3 Å². The Bertz CT molecular complexity index is 562. The maximum absolute atomic E-state index is 11.3. The van der Waals surface area contributed by atoms with Gasteiger partial charge in [-0.05, 0) is 36.2 Å². The van der Waals surface area contributed by atoms with Gasteiger partial charge in [-0.25, -0.2) is 0 Å². The molecule has 1 aromatic carbocycles. The number of benzene rings is 1. The largest absolute Gasteiger partial charge is 0.369 e. The number of nitrogens with two attached hydrogens (primary N) is 1. The quantitative estimate of drug-likeness (QED) is 0.873. The summed E-state index contributed by atoms with van der Waals surface area (Å²) in [6.45, 7) is 1.94. The van der Waals surface area contributed by atoms with Crippen molar-refractivity contribution in [3.05, 3.63) is 47.1 Å². The lowest BCUT2D eigenvalue weighted by atomic mass is 10.0. The maximum Gasteiger partial charge on any atom is 0.226 e. The van der Waals surface area contributed by atoms with E-state index in [-0.39, 0.29) is 11.8 Å². The molecule has 0 radical (unpaired) electrons. The van der Waals surface area contributed by atoms with E-state index < -0.39 is 0 Å². The molecule has 2 aromatic rings. The molecule has 3 nitrogen and oxygen atoms in total. The van der Waals surface area contributed by atoms with Crippen LogP contribution < -0.4 is 5.73 Å². The highest BCUT2D eigenvalue weighted by Gasteiger charge is 2.17. The number of hydrogen-bond acceptors (Lipinski definition) is 1. The van der Waals surface area contributed by atoms with Crippen LogP contribution in [0.15, 0.2) is 36.4 Å². The number of nitrogens with one attached hydrogen (secondary N) is 1. The third-order valence-electron chi connectivity index (χ3n) is 2.97. The summed E-state index contributed by atoms with van der Waals surface area (Å²) in [5.74, 6) is -0.574. The molecule has 1 heterocycles. The van der Waals surface area contributed by atoms with Gasteiger partial charge in [-0.1, -0.05) is 30.7 Å². The van der Waals surface area contributed by atoms with Crippen molar-refractivity contribution in [3.8, 4) is 11.3 Å². The Kier molecular flexibility index (Phi) is 3.72. The lowest BCUT2D eigenvalue weighted by molar-refractivity contribution is -0.119.